The molecule has 0 spiro atoms. The third-order valence-electron chi connectivity index (χ3n) is 3.31. The fraction of sp³-hybridized carbons (Fsp3) is 0.600. The number of rotatable bonds is 12. The van der Waals surface area contributed by atoms with Gasteiger partial charge in [-0.1, -0.05) is 32.1 Å². The van der Waals surface area contributed by atoms with Gasteiger partial charge in [-0.25, -0.2) is 0 Å². The van der Waals surface area contributed by atoms with Crippen LogP contribution in [0.15, 0.2) is 18.2 Å². The second kappa shape index (κ2) is 14.6. The van der Waals surface area contributed by atoms with Gasteiger partial charge in [0.15, 0.2) is 0 Å². The Morgan fingerprint density at radius 2 is 1.59 bits per heavy atom. The second-order valence-electron chi connectivity index (χ2n) is 5.00. The molecule has 1 aromatic rings. The van der Waals surface area contributed by atoms with Crippen LogP contribution in [0.4, 0.5) is 0 Å². The second-order valence-corrected chi connectivity index (χ2v) is 5.78. The number of hydrogen-bond donors (Lipinski definition) is 2. The van der Waals surface area contributed by atoms with Crippen LogP contribution in [0.5, 0.6) is 11.5 Å². The predicted octanol–water partition coefficient (Wildman–Crippen LogP) is 0.247. The summed E-state index contributed by atoms with van der Waals surface area (Å²) in [5, 5.41) is 31.8. The van der Waals surface area contributed by atoms with Gasteiger partial charge in [-0.05, 0) is 43.0 Å². The SMILES string of the molecule is [Na+].[O-]OOSCCCCCCCCCc1cc(O)ccc1O. The molecule has 0 aliphatic carbocycles. The van der Waals surface area contributed by atoms with Gasteiger partial charge in [0.1, 0.15) is 11.5 Å². The van der Waals surface area contributed by atoms with Crippen molar-refractivity contribution in [3.63, 3.8) is 0 Å². The number of phenolic OH excluding ortho intramolecular Hbond substituents is 2. The molecule has 0 aliphatic heterocycles. The van der Waals surface area contributed by atoms with Crippen LogP contribution in [-0.2, 0) is 15.8 Å². The van der Waals surface area contributed by atoms with E-state index in [1.54, 1.807) is 6.07 Å². The fourth-order valence-corrected chi connectivity index (χ4v) is 2.62. The Hall–Kier alpha value is 0.0500. The van der Waals surface area contributed by atoms with Crippen molar-refractivity contribution in [3.05, 3.63) is 23.8 Å². The Morgan fingerprint density at radius 1 is 0.955 bits per heavy atom. The molecule has 1 rings (SSSR count). The van der Waals surface area contributed by atoms with Crippen molar-refractivity contribution in [2.45, 2.75) is 51.4 Å². The molecule has 0 amide bonds. The Bertz CT molecular complexity index is 392. The maximum absolute atomic E-state index is 9.64. The number of aromatic hydroxyl groups is 2. The minimum Gasteiger partial charge on any atom is -0.691 e. The third kappa shape index (κ3) is 10.7. The molecule has 22 heavy (non-hydrogen) atoms. The van der Waals surface area contributed by atoms with Crippen LogP contribution in [0.2, 0.25) is 0 Å². The summed E-state index contributed by atoms with van der Waals surface area (Å²) in [6.07, 6.45) is 8.62. The molecule has 7 heteroatoms. The molecule has 120 valence electrons. The van der Waals surface area contributed by atoms with Crippen LogP contribution >= 0.6 is 12.0 Å². The standard InChI is InChI=1S/C15H24O5S.Na/c16-14-9-10-15(17)13(12-14)8-6-4-2-1-3-5-7-11-21-20-19-18;/h9-10,12,16-18H,1-8,11H2;/q;+1/p-1. The van der Waals surface area contributed by atoms with Gasteiger partial charge in [0.2, 0.25) is 0 Å². The van der Waals surface area contributed by atoms with E-state index in [1.807, 2.05) is 0 Å². The molecule has 2 N–H and O–H groups in total. The fourth-order valence-electron chi connectivity index (χ4n) is 2.19. The van der Waals surface area contributed by atoms with E-state index >= 15 is 0 Å². The number of benzene rings is 1. The zero-order valence-corrected chi connectivity index (χ0v) is 15.9. The predicted molar refractivity (Wildman–Crippen MR) is 80.4 cm³/mol. The summed E-state index contributed by atoms with van der Waals surface area (Å²) in [6, 6.07) is 4.65. The summed E-state index contributed by atoms with van der Waals surface area (Å²) in [7, 11) is 0. The van der Waals surface area contributed by atoms with Crippen molar-refractivity contribution in [3.8, 4) is 11.5 Å². The molecule has 0 aromatic heterocycles. The molecule has 0 heterocycles. The van der Waals surface area contributed by atoms with Gasteiger partial charge in [-0.15, -0.1) is 0 Å². The summed E-state index contributed by atoms with van der Waals surface area (Å²) in [5.41, 5.74) is 0.813. The normalized spacial score (nSPS) is 10.4. The van der Waals surface area contributed by atoms with E-state index in [2.05, 4.69) is 9.37 Å². The Morgan fingerprint density at radius 3 is 2.27 bits per heavy atom. The van der Waals surface area contributed by atoms with Crippen molar-refractivity contribution in [1.82, 2.24) is 0 Å². The minimum atomic E-state index is 0. The molecule has 0 fully saturated rings. The topological polar surface area (TPSA) is 82.0 Å². The van der Waals surface area contributed by atoms with Gasteiger partial charge < -0.3 is 15.5 Å². The third-order valence-corrected chi connectivity index (χ3v) is 3.92. The summed E-state index contributed by atoms with van der Waals surface area (Å²) < 4.78 is 4.18. The average Bonchev–Trinajstić information content (AvgIpc) is 2.48. The molecule has 0 aliphatic rings. The molecule has 0 saturated carbocycles. The number of hydrogen-bond acceptors (Lipinski definition) is 6. The van der Waals surface area contributed by atoms with E-state index in [4.69, 9.17) is 0 Å². The molecule has 5 nitrogen and oxygen atoms in total. The van der Waals surface area contributed by atoms with E-state index in [0.29, 0.717) is 0 Å². The first kappa shape index (κ1) is 22.1. The van der Waals surface area contributed by atoms with Crippen LogP contribution in [0.3, 0.4) is 0 Å². The van der Waals surface area contributed by atoms with Crippen molar-refractivity contribution in [1.29, 1.82) is 0 Å². The number of aryl methyl sites for hydroxylation is 1. The van der Waals surface area contributed by atoms with Crippen molar-refractivity contribution in [2.75, 3.05) is 5.75 Å². The van der Waals surface area contributed by atoms with Crippen molar-refractivity contribution < 1.29 is 54.4 Å². The van der Waals surface area contributed by atoms with Gasteiger partial charge >= 0.3 is 29.6 Å². The van der Waals surface area contributed by atoms with Gasteiger partial charge in [-0.3, -0.25) is 5.04 Å². The Balaban J connectivity index is 0.00000441. The summed E-state index contributed by atoms with van der Waals surface area (Å²) in [6.45, 7) is 0. The maximum atomic E-state index is 9.64. The van der Waals surface area contributed by atoms with E-state index in [9.17, 15) is 15.5 Å². The summed E-state index contributed by atoms with van der Waals surface area (Å²) in [5.74, 6) is 1.24. The minimum absolute atomic E-state index is 0. The van der Waals surface area contributed by atoms with Crippen LogP contribution in [0.1, 0.15) is 50.5 Å². The van der Waals surface area contributed by atoms with E-state index in [-0.39, 0.29) is 41.1 Å². The van der Waals surface area contributed by atoms with Crippen LogP contribution < -0.4 is 34.8 Å². The van der Waals surface area contributed by atoms with Crippen molar-refractivity contribution >= 4 is 12.0 Å². The molecular weight excluding hydrogens is 315 g/mol. The molecule has 0 saturated heterocycles. The van der Waals surface area contributed by atoms with Gasteiger partial charge in [-0.2, -0.15) is 4.33 Å². The van der Waals surface area contributed by atoms with Gasteiger partial charge in [0.05, 0.1) is 0 Å². The quantitative estimate of drug-likeness (QED) is 0.142. The van der Waals surface area contributed by atoms with Crippen LogP contribution in [0, 0.1) is 0 Å². The molecular formula is C15H23NaO5S. The maximum Gasteiger partial charge on any atom is 1.00 e. The van der Waals surface area contributed by atoms with Crippen molar-refractivity contribution in [2.24, 2.45) is 0 Å². The Kier molecular flexibility index (Phi) is 14.7. The molecule has 0 unspecified atom stereocenters. The molecule has 0 atom stereocenters. The average molecular weight is 338 g/mol. The first-order valence-corrected chi connectivity index (χ1v) is 8.24. The zero-order valence-electron chi connectivity index (χ0n) is 13.1. The van der Waals surface area contributed by atoms with Gasteiger partial charge in [0.25, 0.3) is 0 Å². The summed E-state index contributed by atoms with van der Waals surface area (Å²) >= 11 is 1.05. The zero-order chi connectivity index (χ0) is 15.3. The first-order valence-electron chi connectivity index (χ1n) is 7.33. The largest absolute Gasteiger partial charge is 1.00 e. The van der Waals surface area contributed by atoms with E-state index in [0.717, 1.165) is 55.5 Å². The molecule has 0 bridgehead atoms. The summed E-state index contributed by atoms with van der Waals surface area (Å²) in [4.78, 5) is 0. The molecule has 1 aromatic carbocycles. The van der Waals surface area contributed by atoms with E-state index < -0.39 is 0 Å². The smallest absolute Gasteiger partial charge is 0.691 e. The monoisotopic (exact) mass is 338 g/mol. The number of phenols is 2. The Labute approximate surface area is 158 Å². The van der Waals surface area contributed by atoms with Crippen LogP contribution in [-0.4, -0.2) is 16.0 Å². The first-order chi connectivity index (χ1) is 10.2. The van der Waals surface area contributed by atoms with E-state index in [1.165, 1.54) is 31.4 Å². The molecule has 0 radical (unpaired) electrons. The number of unbranched alkanes of at least 4 members (excludes halogenated alkanes) is 6. The van der Waals surface area contributed by atoms with Crippen LogP contribution in [0.25, 0.3) is 0 Å². The van der Waals surface area contributed by atoms with Gasteiger partial charge in [0, 0.05) is 17.8 Å².